The van der Waals surface area contributed by atoms with Crippen molar-refractivity contribution in [2.75, 3.05) is 13.7 Å². The lowest BCUT2D eigenvalue weighted by Gasteiger charge is -2.33. The Hall–Kier alpha value is -0.860. The molecule has 18 heavy (non-hydrogen) atoms. The fourth-order valence-electron chi connectivity index (χ4n) is 2.75. The highest BCUT2D eigenvalue weighted by Crippen LogP contribution is 2.32. The average molecular weight is 247 g/mol. The van der Waals surface area contributed by atoms with E-state index >= 15 is 0 Å². The number of hydrogen-bond acceptors (Lipinski definition) is 2. The van der Waals surface area contributed by atoms with Crippen molar-refractivity contribution < 1.29 is 4.74 Å². The van der Waals surface area contributed by atoms with E-state index in [0.29, 0.717) is 6.04 Å². The molecule has 1 aliphatic rings. The Morgan fingerprint density at radius 1 is 1.39 bits per heavy atom. The molecule has 0 saturated carbocycles. The van der Waals surface area contributed by atoms with Crippen LogP contribution in [-0.4, -0.2) is 19.7 Å². The molecular weight excluding hydrogens is 222 g/mol. The molecule has 1 heterocycles. The molecule has 3 unspecified atom stereocenters. The summed E-state index contributed by atoms with van der Waals surface area (Å²) in [5, 5.41) is 3.45. The van der Waals surface area contributed by atoms with E-state index in [1.165, 1.54) is 24.0 Å². The SMILES string of the molecule is CCC(C)CC(NC)C1OCCc2ccccc21. The maximum atomic E-state index is 6.04. The van der Waals surface area contributed by atoms with E-state index < -0.39 is 0 Å². The molecule has 2 rings (SSSR count). The molecule has 1 aliphatic heterocycles. The molecule has 0 aliphatic carbocycles. The lowest BCUT2D eigenvalue weighted by molar-refractivity contribution is 0.0116. The van der Waals surface area contributed by atoms with E-state index in [1.54, 1.807) is 0 Å². The van der Waals surface area contributed by atoms with Crippen molar-refractivity contribution in [3.63, 3.8) is 0 Å². The van der Waals surface area contributed by atoms with Crippen LogP contribution in [0.5, 0.6) is 0 Å². The summed E-state index contributed by atoms with van der Waals surface area (Å²) in [5.41, 5.74) is 2.84. The minimum atomic E-state index is 0.217. The van der Waals surface area contributed by atoms with E-state index in [0.717, 1.165) is 18.9 Å². The molecule has 0 amide bonds. The lowest BCUT2D eigenvalue weighted by atomic mass is 9.88. The normalized spacial score (nSPS) is 22.3. The van der Waals surface area contributed by atoms with Gasteiger partial charge in [-0.2, -0.15) is 0 Å². The summed E-state index contributed by atoms with van der Waals surface area (Å²) in [6.45, 7) is 5.42. The van der Waals surface area contributed by atoms with Crippen molar-refractivity contribution in [3.8, 4) is 0 Å². The predicted molar refractivity (Wildman–Crippen MR) is 75.8 cm³/mol. The van der Waals surface area contributed by atoms with Gasteiger partial charge < -0.3 is 10.1 Å². The molecule has 0 spiro atoms. The van der Waals surface area contributed by atoms with Crippen molar-refractivity contribution >= 4 is 0 Å². The molecule has 0 fully saturated rings. The Kier molecular flexibility index (Phi) is 4.79. The summed E-state index contributed by atoms with van der Waals surface area (Å²) in [6.07, 6.45) is 3.67. The first-order valence-corrected chi connectivity index (χ1v) is 7.13. The van der Waals surface area contributed by atoms with Crippen molar-refractivity contribution in [2.45, 2.75) is 45.3 Å². The van der Waals surface area contributed by atoms with Gasteiger partial charge in [0, 0.05) is 6.04 Å². The highest BCUT2D eigenvalue weighted by molar-refractivity contribution is 5.31. The molecule has 3 atom stereocenters. The second kappa shape index (κ2) is 6.35. The minimum absolute atomic E-state index is 0.217. The molecule has 1 aromatic rings. The van der Waals surface area contributed by atoms with Crippen molar-refractivity contribution in [2.24, 2.45) is 5.92 Å². The first-order chi connectivity index (χ1) is 8.76. The van der Waals surface area contributed by atoms with Crippen molar-refractivity contribution in [3.05, 3.63) is 35.4 Å². The zero-order valence-electron chi connectivity index (χ0n) is 11.8. The highest BCUT2D eigenvalue weighted by Gasteiger charge is 2.28. The topological polar surface area (TPSA) is 21.3 Å². The van der Waals surface area contributed by atoms with Crippen LogP contribution in [0, 0.1) is 5.92 Å². The number of rotatable bonds is 5. The van der Waals surface area contributed by atoms with Gasteiger partial charge in [0.05, 0.1) is 12.7 Å². The third-order valence-electron chi connectivity index (χ3n) is 4.12. The number of fused-ring (bicyclic) bond motifs is 1. The quantitative estimate of drug-likeness (QED) is 0.862. The van der Waals surface area contributed by atoms with Crippen molar-refractivity contribution in [1.82, 2.24) is 5.32 Å². The van der Waals surface area contributed by atoms with E-state index in [1.807, 2.05) is 7.05 Å². The Morgan fingerprint density at radius 2 is 2.17 bits per heavy atom. The number of nitrogens with one attached hydrogen (secondary N) is 1. The molecular formula is C16H25NO. The number of benzene rings is 1. The highest BCUT2D eigenvalue weighted by atomic mass is 16.5. The first kappa shape index (κ1) is 13.6. The van der Waals surface area contributed by atoms with E-state index in [4.69, 9.17) is 4.74 Å². The Bertz CT molecular complexity index is 377. The van der Waals surface area contributed by atoms with Gasteiger partial charge in [0.15, 0.2) is 0 Å². The lowest BCUT2D eigenvalue weighted by Crippen LogP contribution is -2.37. The summed E-state index contributed by atoms with van der Waals surface area (Å²) in [5.74, 6) is 0.736. The summed E-state index contributed by atoms with van der Waals surface area (Å²) < 4.78 is 6.04. The zero-order valence-corrected chi connectivity index (χ0v) is 11.8. The summed E-state index contributed by atoms with van der Waals surface area (Å²) in [7, 11) is 2.05. The van der Waals surface area contributed by atoms with Crippen LogP contribution in [0.1, 0.15) is 43.9 Å². The first-order valence-electron chi connectivity index (χ1n) is 7.13. The zero-order chi connectivity index (χ0) is 13.0. The minimum Gasteiger partial charge on any atom is -0.372 e. The standard InChI is InChI=1S/C16H25NO/c1-4-12(2)11-15(17-3)16-14-8-6-5-7-13(14)9-10-18-16/h5-8,12,15-17H,4,9-11H2,1-3H3. The second-order valence-corrected chi connectivity index (χ2v) is 5.38. The van der Waals surface area contributed by atoms with Gasteiger partial charge in [0.2, 0.25) is 0 Å². The average Bonchev–Trinajstić information content (AvgIpc) is 2.44. The number of hydrogen-bond donors (Lipinski definition) is 1. The van der Waals surface area contributed by atoms with Gasteiger partial charge in [-0.25, -0.2) is 0 Å². The van der Waals surface area contributed by atoms with Crippen LogP contribution < -0.4 is 5.32 Å². The van der Waals surface area contributed by atoms with Gasteiger partial charge in [0.1, 0.15) is 0 Å². The van der Waals surface area contributed by atoms with Crippen LogP contribution in [0.2, 0.25) is 0 Å². The maximum Gasteiger partial charge on any atom is 0.0980 e. The third-order valence-corrected chi connectivity index (χ3v) is 4.12. The third kappa shape index (κ3) is 2.93. The van der Waals surface area contributed by atoms with Crippen LogP contribution >= 0.6 is 0 Å². The van der Waals surface area contributed by atoms with Gasteiger partial charge in [-0.15, -0.1) is 0 Å². The van der Waals surface area contributed by atoms with Gasteiger partial charge in [-0.1, -0.05) is 44.5 Å². The van der Waals surface area contributed by atoms with E-state index in [9.17, 15) is 0 Å². The van der Waals surface area contributed by atoms with Gasteiger partial charge in [0.25, 0.3) is 0 Å². The molecule has 0 bridgehead atoms. The van der Waals surface area contributed by atoms with Gasteiger partial charge in [-0.3, -0.25) is 0 Å². The monoisotopic (exact) mass is 247 g/mol. The smallest absolute Gasteiger partial charge is 0.0980 e. The van der Waals surface area contributed by atoms with Crippen LogP contribution in [0.3, 0.4) is 0 Å². The molecule has 0 aromatic heterocycles. The van der Waals surface area contributed by atoms with Crippen LogP contribution in [0.4, 0.5) is 0 Å². The van der Waals surface area contributed by atoms with Crippen LogP contribution in [0.15, 0.2) is 24.3 Å². The largest absolute Gasteiger partial charge is 0.372 e. The van der Waals surface area contributed by atoms with Crippen LogP contribution in [0.25, 0.3) is 0 Å². The predicted octanol–water partition coefficient (Wildman–Crippen LogP) is 3.32. The molecule has 0 radical (unpaired) electrons. The number of ether oxygens (including phenoxy) is 1. The fourth-order valence-corrected chi connectivity index (χ4v) is 2.75. The van der Waals surface area contributed by atoms with Gasteiger partial charge in [-0.05, 0) is 36.9 Å². The molecule has 2 nitrogen and oxygen atoms in total. The Morgan fingerprint density at radius 3 is 2.89 bits per heavy atom. The fraction of sp³-hybridized carbons (Fsp3) is 0.625. The maximum absolute atomic E-state index is 6.04. The van der Waals surface area contributed by atoms with Crippen molar-refractivity contribution in [1.29, 1.82) is 0 Å². The molecule has 1 aromatic carbocycles. The van der Waals surface area contributed by atoms with E-state index in [2.05, 4.69) is 43.4 Å². The van der Waals surface area contributed by atoms with Gasteiger partial charge >= 0.3 is 0 Å². The Labute approximate surface area is 111 Å². The summed E-state index contributed by atoms with van der Waals surface area (Å²) in [4.78, 5) is 0. The number of likely N-dealkylation sites (N-methyl/N-ethyl adjacent to an activating group) is 1. The van der Waals surface area contributed by atoms with E-state index in [-0.39, 0.29) is 6.10 Å². The molecule has 0 saturated heterocycles. The Balaban J connectivity index is 2.17. The molecule has 100 valence electrons. The molecule has 2 heteroatoms. The summed E-state index contributed by atoms with van der Waals surface area (Å²) in [6, 6.07) is 9.13. The summed E-state index contributed by atoms with van der Waals surface area (Å²) >= 11 is 0. The molecule has 1 N–H and O–H groups in total. The van der Waals surface area contributed by atoms with Crippen LogP contribution in [-0.2, 0) is 11.2 Å². The second-order valence-electron chi connectivity index (χ2n) is 5.38.